The Hall–Kier alpha value is -3.57. The average molecular weight is 744 g/mol. The molecule has 0 amide bonds. The van der Waals surface area contributed by atoms with Gasteiger partial charge in [-0.1, -0.05) is 87.9 Å². The molecule has 2 aromatic heterocycles. The predicted molar refractivity (Wildman–Crippen MR) is 172 cm³/mol. The summed E-state index contributed by atoms with van der Waals surface area (Å²) in [5.74, 6) is 1.86. The molecule has 4 aromatic carbocycles. The van der Waals surface area contributed by atoms with Gasteiger partial charge in [0.2, 0.25) is 0 Å². The maximum absolute atomic E-state index is 4.60. The van der Waals surface area contributed by atoms with Crippen molar-refractivity contribution in [2.75, 3.05) is 0 Å². The Labute approximate surface area is 263 Å². The van der Waals surface area contributed by atoms with E-state index in [4.69, 9.17) is 0 Å². The minimum Gasteiger partial charge on any atom is -0.448 e. The summed E-state index contributed by atoms with van der Waals surface area (Å²) in [6.45, 7) is 13.8. The summed E-state index contributed by atoms with van der Waals surface area (Å²) in [4.78, 5) is 8.99. The van der Waals surface area contributed by atoms with E-state index in [0.29, 0.717) is 11.8 Å². The molecule has 1 aliphatic heterocycles. The second-order valence-corrected chi connectivity index (χ2v) is 16.1. The molecule has 4 nitrogen and oxygen atoms in total. The first-order chi connectivity index (χ1) is 19.8. The molecule has 0 fully saturated rings. The van der Waals surface area contributed by atoms with Crippen molar-refractivity contribution in [3.63, 3.8) is 0 Å². The number of hydrogen-bond acceptors (Lipinski definition) is 2. The zero-order valence-corrected chi connectivity index (χ0v) is 28.3. The van der Waals surface area contributed by atoms with Gasteiger partial charge in [0.15, 0.2) is 0 Å². The molecule has 0 bridgehead atoms. The van der Waals surface area contributed by atoms with Crippen molar-refractivity contribution in [3.8, 4) is 22.8 Å². The summed E-state index contributed by atoms with van der Waals surface area (Å²) in [6.07, 6.45) is 7.04. The molecule has 0 atom stereocenters. The average Bonchev–Trinajstić information content (AvgIpc) is 3.65. The van der Waals surface area contributed by atoms with Gasteiger partial charge in [0.05, 0.1) is 5.82 Å². The Kier molecular flexibility index (Phi) is 8.52. The van der Waals surface area contributed by atoms with Crippen LogP contribution >= 0.6 is 0 Å². The molecular weight excluding hydrogens is 709 g/mol. The molecule has 1 aliphatic rings. The van der Waals surface area contributed by atoms with Crippen LogP contribution in [0.4, 0.5) is 0 Å². The van der Waals surface area contributed by atoms with Crippen LogP contribution in [0.15, 0.2) is 91.3 Å². The Morgan fingerprint density at radius 1 is 0.762 bits per heavy atom. The molecule has 0 spiro atoms. The summed E-state index contributed by atoms with van der Waals surface area (Å²) in [5.41, 5.74) is 8.39. The van der Waals surface area contributed by atoms with Crippen molar-refractivity contribution in [3.05, 3.63) is 121 Å². The summed E-state index contributed by atoms with van der Waals surface area (Å²) < 4.78 is 4.29. The maximum atomic E-state index is 4.60. The zero-order valence-electron chi connectivity index (χ0n) is 24.9. The van der Waals surface area contributed by atoms with Gasteiger partial charge in [-0.05, 0) is 28.5 Å². The second-order valence-electron chi connectivity index (χ2n) is 11.8. The molecule has 212 valence electrons. The van der Waals surface area contributed by atoms with Gasteiger partial charge in [-0.25, -0.2) is 6.07 Å². The van der Waals surface area contributed by atoms with E-state index in [1.807, 2.05) is 30.5 Å². The molecule has 6 heteroatoms. The summed E-state index contributed by atoms with van der Waals surface area (Å²) in [6, 6.07) is 34.0. The van der Waals surface area contributed by atoms with Crippen LogP contribution in [0, 0.1) is 18.5 Å². The SMILES string of the molecule is CC(C)c1cccc(C(C)C)c1-n1ccnc1-c1[c-]cccc1.C[Si]1(C)c2ccc[c-]c2-n2[c-]nc3cccc1c32.[Ir+3]. The molecule has 0 saturated carbocycles. The first-order valence-electron chi connectivity index (χ1n) is 14.3. The summed E-state index contributed by atoms with van der Waals surface area (Å²) >= 11 is 0. The number of rotatable bonds is 4. The Balaban J connectivity index is 0.000000168. The molecule has 42 heavy (non-hydrogen) atoms. The Morgan fingerprint density at radius 2 is 1.45 bits per heavy atom. The van der Waals surface area contributed by atoms with E-state index < -0.39 is 8.07 Å². The van der Waals surface area contributed by atoms with Crippen molar-refractivity contribution < 1.29 is 20.1 Å². The molecule has 6 aromatic rings. The minimum atomic E-state index is -1.64. The standard InChI is InChI=1S/C21H23N2.C15H12N2Si.Ir/c1-15(2)18-11-8-12-19(16(3)4)20(18)23-14-13-22-21(23)17-9-6-5-7-10-17;1-18(2)13-8-4-3-7-12(13)17-10-16-11-6-5-9-14(18)15(11)17;/h5-9,11-16H,1-4H3;3-6,8-9H,1-2H3;/q-1;-2;+3. The Bertz CT molecular complexity index is 1810. The summed E-state index contributed by atoms with van der Waals surface area (Å²) in [7, 11) is -1.64. The first kappa shape index (κ1) is 29.9. The molecule has 0 saturated heterocycles. The fourth-order valence-corrected chi connectivity index (χ4v) is 8.87. The quantitative estimate of drug-likeness (QED) is 0.140. The second kappa shape index (κ2) is 12.0. The summed E-state index contributed by atoms with van der Waals surface area (Å²) in [5, 5.41) is 2.86. The molecule has 7 rings (SSSR count). The van der Waals surface area contributed by atoms with E-state index in [1.165, 1.54) is 32.7 Å². The van der Waals surface area contributed by atoms with Crippen molar-refractivity contribution in [2.45, 2.75) is 52.6 Å². The molecule has 0 aliphatic carbocycles. The van der Waals surface area contributed by atoms with Crippen LogP contribution in [-0.4, -0.2) is 27.2 Å². The fourth-order valence-electron chi connectivity index (χ4n) is 5.94. The van der Waals surface area contributed by atoms with Gasteiger partial charge >= 0.3 is 20.1 Å². The van der Waals surface area contributed by atoms with Crippen molar-refractivity contribution in [1.82, 2.24) is 19.1 Å². The third kappa shape index (κ3) is 5.13. The van der Waals surface area contributed by atoms with Gasteiger partial charge in [-0.2, -0.15) is 29.1 Å². The monoisotopic (exact) mass is 744 g/mol. The normalized spacial score (nSPS) is 13.0. The van der Waals surface area contributed by atoms with Gasteiger partial charge in [0.25, 0.3) is 0 Å². The minimum absolute atomic E-state index is 0. The van der Waals surface area contributed by atoms with E-state index in [0.717, 1.165) is 22.6 Å². The van der Waals surface area contributed by atoms with Crippen LogP contribution in [0.5, 0.6) is 0 Å². The first-order valence-corrected chi connectivity index (χ1v) is 17.3. The fraction of sp³-hybridized carbons (Fsp3) is 0.222. The van der Waals surface area contributed by atoms with Gasteiger partial charge in [0.1, 0.15) is 0 Å². The number of aromatic nitrogens is 4. The third-order valence-corrected chi connectivity index (χ3v) is 11.6. The van der Waals surface area contributed by atoms with Crippen molar-refractivity contribution in [2.24, 2.45) is 0 Å². The predicted octanol–water partition coefficient (Wildman–Crippen LogP) is 7.35. The van der Waals surface area contributed by atoms with E-state index in [1.54, 1.807) is 0 Å². The van der Waals surface area contributed by atoms with Crippen LogP contribution in [0.1, 0.15) is 50.7 Å². The van der Waals surface area contributed by atoms with E-state index in [-0.39, 0.29) is 20.1 Å². The van der Waals surface area contributed by atoms with Crippen LogP contribution in [0.2, 0.25) is 13.1 Å². The Morgan fingerprint density at radius 3 is 2.14 bits per heavy atom. The maximum Gasteiger partial charge on any atom is 3.00 e. The molecule has 0 radical (unpaired) electrons. The van der Waals surface area contributed by atoms with Gasteiger partial charge < -0.3 is 14.1 Å². The van der Waals surface area contributed by atoms with E-state index in [2.05, 4.69) is 139 Å². The van der Waals surface area contributed by atoms with Crippen LogP contribution in [0.3, 0.4) is 0 Å². The van der Waals surface area contributed by atoms with Crippen LogP contribution < -0.4 is 10.4 Å². The largest absolute Gasteiger partial charge is 3.00 e. The number of nitrogens with zero attached hydrogens (tertiary/aromatic N) is 4. The molecule has 0 N–H and O–H groups in total. The van der Waals surface area contributed by atoms with E-state index >= 15 is 0 Å². The van der Waals surface area contributed by atoms with Crippen LogP contribution in [0.25, 0.3) is 33.8 Å². The van der Waals surface area contributed by atoms with Gasteiger partial charge in [-0.15, -0.1) is 35.9 Å². The number of para-hydroxylation sites is 3. The van der Waals surface area contributed by atoms with Gasteiger partial charge in [-0.3, -0.25) is 4.98 Å². The van der Waals surface area contributed by atoms with Crippen molar-refractivity contribution in [1.29, 1.82) is 0 Å². The van der Waals surface area contributed by atoms with Crippen molar-refractivity contribution >= 4 is 29.5 Å². The number of fused-ring (bicyclic) bond motifs is 2. The topological polar surface area (TPSA) is 35.6 Å². The molecular formula is C36H35IrN4Si. The van der Waals surface area contributed by atoms with Crippen LogP contribution in [-0.2, 0) is 20.1 Å². The number of imidazole rings is 2. The third-order valence-electron chi connectivity index (χ3n) is 8.09. The zero-order chi connectivity index (χ0) is 28.7. The molecule has 0 unspecified atom stereocenters. The number of hydrogen-bond donors (Lipinski definition) is 0. The van der Waals surface area contributed by atoms with E-state index in [9.17, 15) is 0 Å². The number of benzene rings is 4. The molecule has 3 heterocycles. The van der Waals surface area contributed by atoms with Gasteiger partial charge in [0, 0.05) is 32.5 Å². The smallest absolute Gasteiger partial charge is 0.448 e.